The number of hydrogen-bond acceptors (Lipinski definition) is 2. The zero-order valence-corrected chi connectivity index (χ0v) is 11.1. The molecule has 2 atom stereocenters. The van der Waals surface area contributed by atoms with E-state index in [1.54, 1.807) is 0 Å². The van der Waals surface area contributed by atoms with Crippen LogP contribution in [0.3, 0.4) is 0 Å². The predicted octanol–water partition coefficient (Wildman–Crippen LogP) is 3.69. The Bertz CT molecular complexity index is 111. The summed E-state index contributed by atoms with van der Waals surface area (Å²) in [6.45, 7) is 10.2. The minimum atomic E-state index is 0.728. The molecule has 0 fully saturated rings. The minimum Gasteiger partial charge on any atom is -0.313 e. The second-order valence-corrected chi connectivity index (χ2v) is 5.12. The topological polar surface area (TPSA) is 12.0 Å². The van der Waals surface area contributed by atoms with Gasteiger partial charge in [-0.3, -0.25) is 0 Å². The number of thioether (sulfide) groups is 1. The maximum Gasteiger partial charge on any atom is 0.0198 e. The van der Waals surface area contributed by atoms with Crippen molar-refractivity contribution in [1.29, 1.82) is 0 Å². The fourth-order valence-electron chi connectivity index (χ4n) is 1.78. The van der Waals surface area contributed by atoms with Gasteiger partial charge in [0.05, 0.1) is 0 Å². The zero-order chi connectivity index (χ0) is 10.8. The number of rotatable bonds is 9. The summed E-state index contributed by atoms with van der Waals surface area (Å²) in [7, 11) is 0. The quantitative estimate of drug-likeness (QED) is 0.632. The Morgan fingerprint density at radius 1 is 1.07 bits per heavy atom. The fraction of sp³-hybridized carbons (Fsp3) is 1.00. The summed E-state index contributed by atoms with van der Waals surface area (Å²) in [6.07, 6.45) is 5.21. The van der Waals surface area contributed by atoms with Crippen LogP contribution in [0, 0.1) is 0 Å². The van der Waals surface area contributed by atoms with Gasteiger partial charge in [0.1, 0.15) is 0 Å². The SMILES string of the molecule is CCCSC(CC)C(CCC)NCC. The summed E-state index contributed by atoms with van der Waals surface area (Å²) in [6, 6.07) is 0.728. The van der Waals surface area contributed by atoms with Gasteiger partial charge in [-0.15, -0.1) is 0 Å². The van der Waals surface area contributed by atoms with Gasteiger partial charge in [-0.05, 0) is 31.6 Å². The first kappa shape index (κ1) is 14.3. The van der Waals surface area contributed by atoms with Gasteiger partial charge in [-0.1, -0.05) is 34.1 Å². The summed E-state index contributed by atoms with van der Waals surface area (Å²) < 4.78 is 0. The van der Waals surface area contributed by atoms with Crippen molar-refractivity contribution in [3.63, 3.8) is 0 Å². The van der Waals surface area contributed by atoms with Gasteiger partial charge in [-0.2, -0.15) is 11.8 Å². The average molecular weight is 217 g/mol. The van der Waals surface area contributed by atoms with E-state index in [0.29, 0.717) is 0 Å². The highest BCUT2D eigenvalue weighted by Gasteiger charge is 2.17. The second kappa shape index (κ2) is 9.85. The van der Waals surface area contributed by atoms with Crippen LogP contribution in [0.4, 0.5) is 0 Å². The van der Waals surface area contributed by atoms with E-state index < -0.39 is 0 Å². The molecule has 1 nitrogen and oxygen atoms in total. The van der Waals surface area contributed by atoms with Crippen LogP contribution in [0.5, 0.6) is 0 Å². The second-order valence-electron chi connectivity index (χ2n) is 3.77. The molecule has 86 valence electrons. The molecule has 2 unspecified atom stereocenters. The van der Waals surface area contributed by atoms with Crippen LogP contribution in [-0.2, 0) is 0 Å². The van der Waals surface area contributed by atoms with Crippen molar-refractivity contribution in [2.45, 2.75) is 64.7 Å². The Morgan fingerprint density at radius 2 is 1.79 bits per heavy atom. The lowest BCUT2D eigenvalue weighted by Gasteiger charge is -2.26. The third kappa shape index (κ3) is 5.92. The molecular formula is C12H27NS. The van der Waals surface area contributed by atoms with E-state index in [0.717, 1.165) is 17.8 Å². The molecule has 0 saturated heterocycles. The van der Waals surface area contributed by atoms with Crippen LogP contribution in [0.25, 0.3) is 0 Å². The average Bonchev–Trinajstić information content (AvgIpc) is 2.19. The van der Waals surface area contributed by atoms with Crippen molar-refractivity contribution >= 4 is 11.8 Å². The van der Waals surface area contributed by atoms with Gasteiger partial charge in [0.25, 0.3) is 0 Å². The van der Waals surface area contributed by atoms with Crippen LogP contribution in [0.15, 0.2) is 0 Å². The molecule has 0 aliphatic heterocycles. The third-order valence-corrected chi connectivity index (χ3v) is 4.19. The molecule has 1 N–H and O–H groups in total. The van der Waals surface area contributed by atoms with E-state index in [1.165, 1.54) is 31.4 Å². The van der Waals surface area contributed by atoms with Gasteiger partial charge < -0.3 is 5.32 Å². The van der Waals surface area contributed by atoms with Crippen molar-refractivity contribution < 1.29 is 0 Å². The van der Waals surface area contributed by atoms with Crippen LogP contribution >= 0.6 is 11.8 Å². The highest BCUT2D eigenvalue weighted by molar-refractivity contribution is 7.99. The van der Waals surface area contributed by atoms with Crippen LogP contribution in [-0.4, -0.2) is 23.6 Å². The van der Waals surface area contributed by atoms with Crippen molar-refractivity contribution in [3.05, 3.63) is 0 Å². The first-order valence-corrected chi connectivity index (χ1v) is 7.19. The van der Waals surface area contributed by atoms with Crippen LogP contribution < -0.4 is 5.32 Å². The van der Waals surface area contributed by atoms with E-state index in [4.69, 9.17) is 0 Å². The lowest BCUT2D eigenvalue weighted by Crippen LogP contribution is -2.37. The van der Waals surface area contributed by atoms with Crippen molar-refractivity contribution in [2.75, 3.05) is 12.3 Å². The normalized spacial score (nSPS) is 15.4. The Kier molecular flexibility index (Phi) is 10.1. The highest BCUT2D eigenvalue weighted by atomic mass is 32.2. The van der Waals surface area contributed by atoms with Crippen LogP contribution in [0.1, 0.15) is 53.4 Å². The molecule has 0 aliphatic carbocycles. The summed E-state index contributed by atoms with van der Waals surface area (Å²) in [5.74, 6) is 1.31. The van der Waals surface area contributed by atoms with E-state index in [1.807, 2.05) is 0 Å². The maximum absolute atomic E-state index is 3.62. The van der Waals surface area contributed by atoms with Gasteiger partial charge in [0.2, 0.25) is 0 Å². The molecule has 0 rings (SSSR count). The third-order valence-electron chi connectivity index (χ3n) is 2.45. The van der Waals surface area contributed by atoms with Crippen molar-refractivity contribution in [2.24, 2.45) is 0 Å². The molecule has 0 amide bonds. The number of nitrogens with one attached hydrogen (secondary N) is 1. The van der Waals surface area contributed by atoms with Gasteiger partial charge in [0, 0.05) is 11.3 Å². The Hall–Kier alpha value is 0.310. The Morgan fingerprint density at radius 3 is 2.21 bits per heavy atom. The molecule has 0 heterocycles. The molecular weight excluding hydrogens is 190 g/mol. The summed E-state index contributed by atoms with van der Waals surface area (Å²) >= 11 is 2.15. The van der Waals surface area contributed by atoms with E-state index in [2.05, 4.69) is 44.8 Å². The smallest absolute Gasteiger partial charge is 0.0198 e. The highest BCUT2D eigenvalue weighted by Crippen LogP contribution is 2.21. The van der Waals surface area contributed by atoms with Gasteiger partial charge in [-0.25, -0.2) is 0 Å². The molecule has 14 heavy (non-hydrogen) atoms. The largest absolute Gasteiger partial charge is 0.313 e. The summed E-state index contributed by atoms with van der Waals surface area (Å²) in [5.41, 5.74) is 0. The van der Waals surface area contributed by atoms with E-state index in [9.17, 15) is 0 Å². The Labute approximate surface area is 94.4 Å². The molecule has 0 aliphatic rings. The lowest BCUT2D eigenvalue weighted by molar-refractivity contribution is 0.465. The Balaban J connectivity index is 3.96. The minimum absolute atomic E-state index is 0.728. The molecule has 0 radical (unpaired) electrons. The van der Waals surface area contributed by atoms with E-state index >= 15 is 0 Å². The number of hydrogen-bond donors (Lipinski definition) is 1. The lowest BCUT2D eigenvalue weighted by atomic mass is 10.1. The summed E-state index contributed by atoms with van der Waals surface area (Å²) in [5, 5.41) is 4.44. The van der Waals surface area contributed by atoms with Crippen LogP contribution in [0.2, 0.25) is 0 Å². The van der Waals surface area contributed by atoms with Crippen molar-refractivity contribution in [1.82, 2.24) is 5.32 Å². The molecule has 2 heteroatoms. The fourth-order valence-corrected chi connectivity index (χ4v) is 3.02. The molecule has 0 aromatic heterocycles. The monoisotopic (exact) mass is 217 g/mol. The molecule has 0 spiro atoms. The molecule has 0 saturated carbocycles. The standard InChI is InChI=1S/C12H27NS/c1-5-9-11(13-8-4)12(7-3)14-10-6-2/h11-13H,5-10H2,1-4H3. The molecule has 0 aromatic carbocycles. The van der Waals surface area contributed by atoms with Gasteiger partial charge in [0.15, 0.2) is 0 Å². The van der Waals surface area contributed by atoms with Crippen molar-refractivity contribution in [3.8, 4) is 0 Å². The molecule has 0 bridgehead atoms. The van der Waals surface area contributed by atoms with E-state index in [-0.39, 0.29) is 0 Å². The zero-order valence-electron chi connectivity index (χ0n) is 10.3. The first-order valence-electron chi connectivity index (χ1n) is 6.14. The molecule has 0 aromatic rings. The van der Waals surface area contributed by atoms with Gasteiger partial charge >= 0.3 is 0 Å². The predicted molar refractivity (Wildman–Crippen MR) is 69.2 cm³/mol. The first-order chi connectivity index (χ1) is 6.79. The maximum atomic E-state index is 3.62. The summed E-state index contributed by atoms with van der Waals surface area (Å²) in [4.78, 5) is 0.